The summed E-state index contributed by atoms with van der Waals surface area (Å²) in [5.41, 5.74) is 0.142. The van der Waals surface area contributed by atoms with Crippen molar-refractivity contribution in [1.82, 2.24) is 10.2 Å². The van der Waals surface area contributed by atoms with Gasteiger partial charge in [0.25, 0.3) is 5.91 Å². The summed E-state index contributed by atoms with van der Waals surface area (Å²) >= 11 is 0. The van der Waals surface area contributed by atoms with Crippen LogP contribution in [0.5, 0.6) is 11.5 Å². The second-order valence-corrected chi connectivity index (χ2v) is 4.62. The normalized spacial score (nSPS) is 19.5. The van der Waals surface area contributed by atoms with Gasteiger partial charge in [-0.2, -0.15) is 0 Å². The second kappa shape index (κ2) is 5.27. The van der Waals surface area contributed by atoms with Crippen molar-refractivity contribution in [3.05, 3.63) is 23.8 Å². The van der Waals surface area contributed by atoms with Gasteiger partial charge in [-0.3, -0.25) is 4.79 Å². The minimum Gasteiger partial charge on any atom is -0.508 e. The van der Waals surface area contributed by atoms with E-state index in [9.17, 15) is 15.0 Å². The average molecular weight is 250 g/mol. The van der Waals surface area contributed by atoms with E-state index in [1.165, 1.54) is 18.2 Å². The van der Waals surface area contributed by atoms with Gasteiger partial charge in [0.05, 0.1) is 5.56 Å². The Labute approximate surface area is 106 Å². The molecule has 0 aliphatic carbocycles. The molecule has 1 unspecified atom stereocenters. The van der Waals surface area contributed by atoms with Crippen LogP contribution in [0.2, 0.25) is 0 Å². The van der Waals surface area contributed by atoms with Crippen LogP contribution < -0.4 is 5.32 Å². The first-order valence-electron chi connectivity index (χ1n) is 6.09. The summed E-state index contributed by atoms with van der Waals surface area (Å²) in [4.78, 5) is 13.9. The van der Waals surface area contributed by atoms with Crippen molar-refractivity contribution in [3.8, 4) is 11.5 Å². The third-order valence-electron chi connectivity index (χ3n) is 3.35. The number of carbonyl (C=O) groups is 1. The van der Waals surface area contributed by atoms with Crippen molar-refractivity contribution in [3.63, 3.8) is 0 Å². The molecule has 0 spiro atoms. The number of benzene rings is 1. The van der Waals surface area contributed by atoms with Gasteiger partial charge < -0.3 is 20.4 Å². The maximum atomic E-state index is 12.2. The molecule has 1 aromatic rings. The van der Waals surface area contributed by atoms with Crippen LogP contribution in [0, 0.1) is 0 Å². The van der Waals surface area contributed by atoms with Gasteiger partial charge in [-0.25, -0.2) is 0 Å². The highest BCUT2D eigenvalue weighted by atomic mass is 16.3. The Morgan fingerprint density at radius 2 is 2.22 bits per heavy atom. The van der Waals surface area contributed by atoms with E-state index in [1.54, 1.807) is 11.9 Å². The Hall–Kier alpha value is -1.75. The highest BCUT2D eigenvalue weighted by Gasteiger charge is 2.24. The number of carbonyl (C=O) groups excluding carboxylic acids is 1. The van der Waals surface area contributed by atoms with Crippen molar-refractivity contribution >= 4 is 5.91 Å². The molecule has 0 aromatic heterocycles. The topological polar surface area (TPSA) is 72.8 Å². The maximum absolute atomic E-state index is 12.2. The molecule has 0 bridgehead atoms. The van der Waals surface area contributed by atoms with Gasteiger partial charge in [-0.15, -0.1) is 0 Å². The summed E-state index contributed by atoms with van der Waals surface area (Å²) in [7, 11) is 1.73. The van der Waals surface area contributed by atoms with E-state index >= 15 is 0 Å². The summed E-state index contributed by atoms with van der Waals surface area (Å²) in [5, 5.41) is 22.3. The van der Waals surface area contributed by atoms with Crippen molar-refractivity contribution in [2.24, 2.45) is 0 Å². The minimum atomic E-state index is -0.267. The third-order valence-corrected chi connectivity index (χ3v) is 3.35. The highest BCUT2D eigenvalue weighted by molar-refractivity contribution is 5.97. The smallest absolute Gasteiger partial charge is 0.257 e. The Balaban J connectivity index is 2.16. The molecule has 1 aromatic carbocycles. The molecule has 18 heavy (non-hydrogen) atoms. The van der Waals surface area contributed by atoms with Crippen molar-refractivity contribution in [2.75, 3.05) is 20.1 Å². The molecule has 1 amide bonds. The average Bonchev–Trinajstić information content (AvgIpc) is 2.41. The number of nitrogens with one attached hydrogen (secondary N) is 1. The Morgan fingerprint density at radius 1 is 1.44 bits per heavy atom. The third kappa shape index (κ3) is 2.56. The predicted molar refractivity (Wildman–Crippen MR) is 67.8 cm³/mol. The van der Waals surface area contributed by atoms with E-state index < -0.39 is 0 Å². The number of aromatic hydroxyl groups is 2. The van der Waals surface area contributed by atoms with E-state index in [1.807, 2.05) is 0 Å². The summed E-state index contributed by atoms with van der Waals surface area (Å²) < 4.78 is 0. The summed E-state index contributed by atoms with van der Waals surface area (Å²) in [6.45, 7) is 1.75. The quantitative estimate of drug-likeness (QED) is 0.682. The molecule has 1 atom stereocenters. The van der Waals surface area contributed by atoms with Gasteiger partial charge in [-0.1, -0.05) is 0 Å². The first-order chi connectivity index (χ1) is 8.59. The first-order valence-corrected chi connectivity index (χ1v) is 6.09. The number of hydrogen-bond donors (Lipinski definition) is 3. The van der Waals surface area contributed by atoms with Crippen LogP contribution >= 0.6 is 0 Å². The molecule has 5 nitrogen and oxygen atoms in total. The van der Waals surface area contributed by atoms with Gasteiger partial charge in [0.2, 0.25) is 0 Å². The van der Waals surface area contributed by atoms with Crippen LogP contribution in [0.15, 0.2) is 18.2 Å². The number of phenolic OH excluding ortho intramolecular Hbond substituents is 2. The van der Waals surface area contributed by atoms with Crippen molar-refractivity contribution in [1.29, 1.82) is 0 Å². The fraction of sp³-hybridized carbons (Fsp3) is 0.462. The SMILES string of the molecule is CN(C(=O)c1cc(O)ccc1O)C1CCCNC1. The molecule has 0 saturated carbocycles. The van der Waals surface area contributed by atoms with Gasteiger partial charge in [0.15, 0.2) is 0 Å². The van der Waals surface area contributed by atoms with Crippen LogP contribution in [0.25, 0.3) is 0 Å². The molecule has 1 aliphatic rings. The predicted octanol–water partition coefficient (Wildman–Crippen LogP) is 0.922. The van der Waals surface area contributed by atoms with Gasteiger partial charge in [0.1, 0.15) is 11.5 Å². The molecule has 1 saturated heterocycles. The maximum Gasteiger partial charge on any atom is 0.257 e. The van der Waals surface area contributed by atoms with Crippen molar-refractivity contribution < 1.29 is 15.0 Å². The number of phenols is 2. The Kier molecular flexibility index (Phi) is 3.72. The van der Waals surface area contributed by atoms with E-state index in [0.29, 0.717) is 0 Å². The largest absolute Gasteiger partial charge is 0.508 e. The molecule has 5 heteroatoms. The van der Waals surface area contributed by atoms with Gasteiger partial charge in [0, 0.05) is 19.6 Å². The van der Waals surface area contributed by atoms with Crippen LogP contribution in [-0.2, 0) is 0 Å². The molecule has 1 heterocycles. The zero-order valence-electron chi connectivity index (χ0n) is 10.4. The van der Waals surface area contributed by atoms with Crippen LogP contribution in [-0.4, -0.2) is 47.2 Å². The zero-order chi connectivity index (χ0) is 13.1. The van der Waals surface area contributed by atoms with Crippen LogP contribution in [0.4, 0.5) is 0 Å². The number of piperidine rings is 1. The zero-order valence-corrected chi connectivity index (χ0v) is 10.4. The van der Waals surface area contributed by atoms with Gasteiger partial charge >= 0.3 is 0 Å². The summed E-state index contributed by atoms with van der Waals surface area (Å²) in [6.07, 6.45) is 1.99. The molecule has 2 rings (SSSR count). The number of hydrogen-bond acceptors (Lipinski definition) is 4. The molecule has 0 radical (unpaired) electrons. The molecular formula is C13H18N2O3. The monoisotopic (exact) mass is 250 g/mol. The molecule has 3 N–H and O–H groups in total. The number of nitrogens with zero attached hydrogens (tertiary/aromatic N) is 1. The highest BCUT2D eigenvalue weighted by Crippen LogP contribution is 2.24. The number of amides is 1. The molecule has 1 fully saturated rings. The summed E-state index contributed by atoms with van der Waals surface area (Å²) in [6, 6.07) is 4.11. The number of likely N-dealkylation sites (N-methyl/N-ethyl adjacent to an activating group) is 1. The lowest BCUT2D eigenvalue weighted by Crippen LogP contribution is -2.46. The fourth-order valence-electron chi connectivity index (χ4n) is 2.22. The van der Waals surface area contributed by atoms with E-state index in [2.05, 4.69) is 5.32 Å². The molecular weight excluding hydrogens is 232 g/mol. The lowest BCUT2D eigenvalue weighted by molar-refractivity contribution is 0.0705. The Bertz CT molecular complexity index is 442. The first kappa shape index (κ1) is 12.7. The minimum absolute atomic E-state index is 0.0219. The molecule has 1 aliphatic heterocycles. The second-order valence-electron chi connectivity index (χ2n) is 4.62. The lowest BCUT2D eigenvalue weighted by atomic mass is 10.0. The fourth-order valence-corrected chi connectivity index (χ4v) is 2.22. The van der Waals surface area contributed by atoms with Crippen LogP contribution in [0.3, 0.4) is 0 Å². The summed E-state index contributed by atoms with van der Waals surface area (Å²) in [5.74, 6) is -0.392. The van der Waals surface area contributed by atoms with Crippen molar-refractivity contribution in [2.45, 2.75) is 18.9 Å². The van der Waals surface area contributed by atoms with E-state index in [4.69, 9.17) is 0 Å². The van der Waals surface area contributed by atoms with E-state index in [-0.39, 0.29) is 29.0 Å². The standard InChI is InChI=1S/C13H18N2O3/c1-15(9-3-2-6-14-8-9)13(18)11-7-10(16)4-5-12(11)17/h4-5,7,9,14,16-17H,2-3,6,8H2,1H3. The lowest BCUT2D eigenvalue weighted by Gasteiger charge is -2.31. The van der Waals surface area contributed by atoms with Crippen LogP contribution in [0.1, 0.15) is 23.2 Å². The number of rotatable bonds is 2. The van der Waals surface area contributed by atoms with E-state index in [0.717, 1.165) is 25.9 Å². The van der Waals surface area contributed by atoms with Gasteiger partial charge in [-0.05, 0) is 37.6 Å². The Morgan fingerprint density at radius 3 is 2.89 bits per heavy atom. The molecule has 98 valence electrons.